The van der Waals surface area contributed by atoms with Gasteiger partial charge in [-0.2, -0.15) is 0 Å². The molecule has 3 rings (SSSR count). The van der Waals surface area contributed by atoms with E-state index in [0.717, 1.165) is 43.8 Å². The lowest BCUT2D eigenvalue weighted by atomic mass is 9.79. The molecule has 3 N–H and O–H groups in total. The second kappa shape index (κ2) is 11.5. The third kappa shape index (κ3) is 6.45. The Morgan fingerprint density at radius 1 is 1.24 bits per heavy atom. The number of rotatable bonds is 12. The Balaban J connectivity index is 1.59. The number of nitrogens with two attached hydrogens (primary N) is 1. The van der Waals surface area contributed by atoms with Gasteiger partial charge in [0.1, 0.15) is 12.0 Å². The van der Waals surface area contributed by atoms with Crippen molar-refractivity contribution in [2.24, 2.45) is 23.0 Å². The lowest BCUT2D eigenvalue weighted by Crippen LogP contribution is -2.38. The fraction of sp³-hybridized carbons (Fsp3) is 0.667. The molecule has 34 heavy (non-hydrogen) atoms. The minimum absolute atomic E-state index is 0.106. The maximum Gasteiger partial charge on any atom is 0.223 e. The molecule has 0 bridgehead atoms. The highest BCUT2D eigenvalue weighted by molar-refractivity contribution is 5.80. The monoisotopic (exact) mass is 472 g/mol. The van der Waals surface area contributed by atoms with Gasteiger partial charge in [0.2, 0.25) is 5.91 Å². The number of amides is 1. The molecule has 2 heterocycles. The van der Waals surface area contributed by atoms with Gasteiger partial charge in [-0.3, -0.25) is 9.59 Å². The number of hydrogen-bond acceptors (Lipinski definition) is 6. The average molecular weight is 473 g/mol. The molecule has 1 amide bonds. The molecule has 0 aliphatic carbocycles. The first-order chi connectivity index (χ1) is 16.1. The SMILES string of the molecule is CC1NC(C2CC(CC(C)(C)C(N)=O)C(C)O2)CC1Cc1ccc(C=O)c(OCCCC=O)c1. The van der Waals surface area contributed by atoms with Crippen LogP contribution in [0.4, 0.5) is 0 Å². The van der Waals surface area contributed by atoms with Crippen LogP contribution in [-0.2, 0) is 20.7 Å². The predicted molar refractivity (Wildman–Crippen MR) is 131 cm³/mol. The van der Waals surface area contributed by atoms with Crippen molar-refractivity contribution < 1.29 is 23.9 Å². The highest BCUT2D eigenvalue weighted by atomic mass is 16.5. The standard InChI is InChI=1S/C27H40N2O5/c1-17-21(11-19-7-8-20(16-31)24(12-19)33-10-6-5-9-30)13-23(29-17)25-14-22(18(2)34-25)15-27(3,4)26(28)32/h7-9,12,16-18,21-23,25,29H,5-6,10-11,13-15H2,1-4H3,(H2,28,32). The summed E-state index contributed by atoms with van der Waals surface area (Å²) in [5, 5.41) is 3.74. The smallest absolute Gasteiger partial charge is 0.223 e. The van der Waals surface area contributed by atoms with Gasteiger partial charge in [0.25, 0.3) is 0 Å². The summed E-state index contributed by atoms with van der Waals surface area (Å²) in [6.07, 6.45) is 6.57. The molecule has 0 radical (unpaired) electrons. The van der Waals surface area contributed by atoms with Crippen molar-refractivity contribution in [2.75, 3.05) is 6.61 Å². The molecule has 2 aliphatic heterocycles. The quantitative estimate of drug-likeness (QED) is 0.356. The van der Waals surface area contributed by atoms with Gasteiger partial charge in [-0.1, -0.05) is 19.9 Å². The van der Waals surface area contributed by atoms with E-state index in [4.69, 9.17) is 15.2 Å². The summed E-state index contributed by atoms with van der Waals surface area (Å²) in [4.78, 5) is 33.7. The van der Waals surface area contributed by atoms with Crippen molar-refractivity contribution in [3.63, 3.8) is 0 Å². The van der Waals surface area contributed by atoms with Crippen molar-refractivity contribution in [2.45, 2.75) is 90.5 Å². The highest BCUT2D eigenvalue weighted by Crippen LogP contribution is 2.40. The zero-order valence-corrected chi connectivity index (χ0v) is 20.9. The Labute approximate surface area is 203 Å². The van der Waals surface area contributed by atoms with E-state index in [9.17, 15) is 14.4 Å². The molecule has 2 aliphatic rings. The highest BCUT2D eigenvalue weighted by Gasteiger charge is 2.44. The van der Waals surface area contributed by atoms with Crippen LogP contribution in [-0.4, -0.2) is 49.4 Å². The molecule has 7 nitrogen and oxygen atoms in total. The third-order valence-electron chi connectivity index (χ3n) is 7.64. The Morgan fingerprint density at radius 2 is 2.00 bits per heavy atom. The number of hydrogen-bond donors (Lipinski definition) is 2. The average Bonchev–Trinajstić information content (AvgIpc) is 3.33. The van der Waals surface area contributed by atoms with Crippen LogP contribution in [0.15, 0.2) is 18.2 Å². The Hall–Kier alpha value is -2.25. The van der Waals surface area contributed by atoms with Gasteiger partial charge in [-0.05, 0) is 75.5 Å². The molecule has 188 valence electrons. The number of primary amides is 1. The van der Waals surface area contributed by atoms with Gasteiger partial charge in [-0.15, -0.1) is 0 Å². The van der Waals surface area contributed by atoms with Crippen molar-refractivity contribution >= 4 is 18.5 Å². The van der Waals surface area contributed by atoms with Crippen LogP contribution in [0.2, 0.25) is 0 Å². The lowest BCUT2D eigenvalue weighted by Gasteiger charge is -2.25. The number of ether oxygens (including phenoxy) is 2. The normalized spacial score (nSPS) is 29.2. The van der Waals surface area contributed by atoms with E-state index in [2.05, 4.69) is 19.2 Å². The topological polar surface area (TPSA) is 108 Å². The minimum Gasteiger partial charge on any atom is -0.493 e. The van der Waals surface area contributed by atoms with E-state index in [-0.39, 0.29) is 24.2 Å². The van der Waals surface area contributed by atoms with E-state index in [1.807, 2.05) is 32.0 Å². The second-order valence-electron chi connectivity index (χ2n) is 10.7. The van der Waals surface area contributed by atoms with Gasteiger partial charge in [-0.25, -0.2) is 0 Å². The summed E-state index contributed by atoms with van der Waals surface area (Å²) in [5.74, 6) is 1.08. The number of benzene rings is 1. The minimum atomic E-state index is -0.531. The summed E-state index contributed by atoms with van der Waals surface area (Å²) in [7, 11) is 0. The fourth-order valence-electron chi connectivity index (χ4n) is 5.37. The molecule has 6 atom stereocenters. The van der Waals surface area contributed by atoms with E-state index in [1.54, 1.807) is 0 Å². The molecule has 2 fully saturated rings. The first-order valence-electron chi connectivity index (χ1n) is 12.5. The van der Waals surface area contributed by atoms with Crippen molar-refractivity contribution in [3.8, 4) is 5.75 Å². The second-order valence-corrected chi connectivity index (χ2v) is 10.7. The predicted octanol–water partition coefficient (Wildman–Crippen LogP) is 3.46. The molecule has 7 heteroatoms. The molecule has 6 unspecified atom stereocenters. The number of carbonyl (C=O) groups is 3. The molecule has 1 aromatic carbocycles. The summed E-state index contributed by atoms with van der Waals surface area (Å²) >= 11 is 0. The fourth-order valence-corrected chi connectivity index (χ4v) is 5.37. The number of carbonyl (C=O) groups excluding carboxylic acids is 3. The molecule has 0 saturated carbocycles. The van der Waals surface area contributed by atoms with E-state index < -0.39 is 5.41 Å². The van der Waals surface area contributed by atoms with Crippen LogP contribution in [0.1, 0.15) is 75.7 Å². The van der Waals surface area contributed by atoms with Crippen LogP contribution in [0.5, 0.6) is 5.75 Å². The zero-order valence-electron chi connectivity index (χ0n) is 20.9. The van der Waals surface area contributed by atoms with Gasteiger partial charge in [0.05, 0.1) is 24.4 Å². The first kappa shape index (κ1) is 26.4. The van der Waals surface area contributed by atoms with Gasteiger partial charge in [0.15, 0.2) is 6.29 Å². The van der Waals surface area contributed by atoms with E-state index in [0.29, 0.717) is 48.6 Å². The summed E-state index contributed by atoms with van der Waals surface area (Å²) in [5.41, 5.74) is 6.73. The van der Waals surface area contributed by atoms with Gasteiger partial charge >= 0.3 is 0 Å². The van der Waals surface area contributed by atoms with Crippen molar-refractivity contribution in [1.82, 2.24) is 5.32 Å². The van der Waals surface area contributed by atoms with Gasteiger partial charge in [0, 0.05) is 23.9 Å². The van der Waals surface area contributed by atoms with Crippen LogP contribution in [0, 0.1) is 17.3 Å². The van der Waals surface area contributed by atoms with Crippen LogP contribution in [0.25, 0.3) is 0 Å². The van der Waals surface area contributed by atoms with Crippen molar-refractivity contribution in [3.05, 3.63) is 29.3 Å². The van der Waals surface area contributed by atoms with E-state index in [1.165, 1.54) is 0 Å². The first-order valence-corrected chi connectivity index (χ1v) is 12.5. The zero-order chi connectivity index (χ0) is 24.9. The largest absolute Gasteiger partial charge is 0.493 e. The molecule has 2 saturated heterocycles. The van der Waals surface area contributed by atoms with Crippen LogP contribution < -0.4 is 15.8 Å². The van der Waals surface area contributed by atoms with E-state index >= 15 is 0 Å². The number of aldehydes is 2. The molecule has 1 aromatic rings. The Bertz CT molecular complexity index is 871. The Kier molecular flexibility index (Phi) is 8.88. The maximum atomic E-state index is 11.8. The van der Waals surface area contributed by atoms with Crippen molar-refractivity contribution in [1.29, 1.82) is 0 Å². The van der Waals surface area contributed by atoms with Crippen LogP contribution >= 0.6 is 0 Å². The summed E-state index contributed by atoms with van der Waals surface area (Å²) in [6.45, 7) is 8.56. The summed E-state index contributed by atoms with van der Waals surface area (Å²) < 4.78 is 12.1. The van der Waals surface area contributed by atoms with Crippen LogP contribution in [0.3, 0.4) is 0 Å². The number of unbranched alkanes of at least 4 members (excludes halogenated alkanes) is 1. The summed E-state index contributed by atoms with van der Waals surface area (Å²) in [6, 6.07) is 6.39. The molecule has 0 spiro atoms. The lowest BCUT2D eigenvalue weighted by molar-refractivity contribution is -0.127. The van der Waals surface area contributed by atoms with Gasteiger partial charge < -0.3 is 25.3 Å². The molecular formula is C27H40N2O5. The third-order valence-corrected chi connectivity index (χ3v) is 7.64. The number of nitrogens with one attached hydrogen (secondary N) is 1. The molecule has 0 aromatic heterocycles. The Morgan fingerprint density at radius 3 is 2.68 bits per heavy atom. The maximum absolute atomic E-state index is 11.8. The molecular weight excluding hydrogens is 432 g/mol.